The van der Waals surface area contributed by atoms with E-state index in [1.54, 1.807) is 0 Å². The van der Waals surface area contributed by atoms with Crippen molar-refractivity contribution in [3.63, 3.8) is 0 Å². The SMILES string of the molecule is CCCC(C)(C)NC(=O)c1ccc(C)c(Br)c1. The summed E-state index contributed by atoms with van der Waals surface area (Å²) in [6, 6.07) is 5.68. The molecule has 1 amide bonds. The van der Waals surface area contributed by atoms with Crippen molar-refractivity contribution in [2.45, 2.75) is 46.1 Å². The van der Waals surface area contributed by atoms with Crippen molar-refractivity contribution in [1.82, 2.24) is 5.32 Å². The second-order valence-corrected chi connectivity index (χ2v) is 5.91. The summed E-state index contributed by atoms with van der Waals surface area (Å²) < 4.78 is 0.971. The number of rotatable bonds is 4. The molecule has 0 unspecified atom stereocenters. The van der Waals surface area contributed by atoms with E-state index in [0.717, 1.165) is 22.9 Å². The Kier molecular flexibility index (Phi) is 4.75. The van der Waals surface area contributed by atoms with Crippen LogP contribution < -0.4 is 5.32 Å². The Morgan fingerprint density at radius 2 is 2.06 bits per heavy atom. The fraction of sp³-hybridized carbons (Fsp3) is 0.500. The van der Waals surface area contributed by atoms with Gasteiger partial charge in [0.05, 0.1) is 0 Å². The first-order valence-corrected chi connectivity index (χ1v) is 6.73. The highest BCUT2D eigenvalue weighted by Gasteiger charge is 2.20. The van der Waals surface area contributed by atoms with Crippen LogP contribution in [0.1, 0.15) is 49.5 Å². The van der Waals surface area contributed by atoms with E-state index >= 15 is 0 Å². The first kappa shape index (κ1) is 14.2. The standard InChI is InChI=1S/C14H20BrNO/c1-5-8-14(3,4)16-13(17)11-7-6-10(2)12(15)9-11/h6-7,9H,5,8H2,1-4H3,(H,16,17). The number of halogens is 1. The largest absolute Gasteiger partial charge is 0.347 e. The number of benzene rings is 1. The molecule has 0 aliphatic carbocycles. The third-order valence-corrected chi connectivity index (χ3v) is 3.62. The van der Waals surface area contributed by atoms with Crippen molar-refractivity contribution in [3.05, 3.63) is 33.8 Å². The predicted octanol–water partition coefficient (Wildman–Crippen LogP) is 4.07. The number of hydrogen-bond acceptors (Lipinski definition) is 1. The van der Waals surface area contributed by atoms with Gasteiger partial charge in [-0.3, -0.25) is 4.79 Å². The monoisotopic (exact) mass is 297 g/mol. The van der Waals surface area contributed by atoms with Gasteiger partial charge in [0, 0.05) is 15.6 Å². The molecule has 94 valence electrons. The van der Waals surface area contributed by atoms with Gasteiger partial charge in [0.1, 0.15) is 0 Å². The average molecular weight is 298 g/mol. The van der Waals surface area contributed by atoms with E-state index in [1.807, 2.05) is 25.1 Å². The third-order valence-electron chi connectivity index (χ3n) is 2.76. The number of hydrogen-bond donors (Lipinski definition) is 1. The van der Waals surface area contributed by atoms with Crippen LogP contribution in [0, 0.1) is 6.92 Å². The van der Waals surface area contributed by atoms with Gasteiger partial charge in [0.25, 0.3) is 5.91 Å². The second kappa shape index (κ2) is 5.67. The van der Waals surface area contributed by atoms with Crippen LogP contribution in [0.25, 0.3) is 0 Å². The molecule has 0 radical (unpaired) electrons. The molecule has 0 atom stereocenters. The molecule has 0 aromatic heterocycles. The van der Waals surface area contributed by atoms with Crippen molar-refractivity contribution in [1.29, 1.82) is 0 Å². The fourth-order valence-electron chi connectivity index (χ4n) is 1.80. The average Bonchev–Trinajstić information content (AvgIpc) is 2.21. The highest BCUT2D eigenvalue weighted by molar-refractivity contribution is 9.10. The van der Waals surface area contributed by atoms with Crippen molar-refractivity contribution in [3.8, 4) is 0 Å². The minimum atomic E-state index is -0.150. The van der Waals surface area contributed by atoms with Gasteiger partial charge < -0.3 is 5.32 Å². The topological polar surface area (TPSA) is 29.1 Å². The minimum Gasteiger partial charge on any atom is -0.347 e. The highest BCUT2D eigenvalue weighted by atomic mass is 79.9. The fourth-order valence-corrected chi connectivity index (χ4v) is 2.18. The number of carbonyl (C=O) groups is 1. The van der Waals surface area contributed by atoms with Gasteiger partial charge in [-0.05, 0) is 44.9 Å². The normalized spacial score (nSPS) is 11.4. The molecule has 0 bridgehead atoms. The molecule has 1 aromatic rings. The van der Waals surface area contributed by atoms with Gasteiger partial charge in [-0.25, -0.2) is 0 Å². The summed E-state index contributed by atoms with van der Waals surface area (Å²) in [5.41, 5.74) is 1.68. The number of carbonyl (C=O) groups excluding carboxylic acids is 1. The molecule has 0 saturated heterocycles. The minimum absolute atomic E-state index is 0.0100. The molecule has 2 nitrogen and oxygen atoms in total. The van der Waals surface area contributed by atoms with E-state index in [9.17, 15) is 4.79 Å². The smallest absolute Gasteiger partial charge is 0.251 e. The van der Waals surface area contributed by atoms with Crippen LogP contribution in [0.3, 0.4) is 0 Å². The van der Waals surface area contributed by atoms with Crippen LogP contribution >= 0.6 is 15.9 Å². The van der Waals surface area contributed by atoms with Gasteiger partial charge in [-0.1, -0.05) is 35.3 Å². The number of nitrogens with one attached hydrogen (secondary N) is 1. The van der Waals surface area contributed by atoms with Crippen LogP contribution in [0.2, 0.25) is 0 Å². The molecule has 0 spiro atoms. The van der Waals surface area contributed by atoms with Crippen molar-refractivity contribution in [2.75, 3.05) is 0 Å². The lowest BCUT2D eigenvalue weighted by Gasteiger charge is -2.25. The zero-order chi connectivity index (χ0) is 13.1. The van der Waals surface area contributed by atoms with Crippen LogP contribution in [0.5, 0.6) is 0 Å². The van der Waals surface area contributed by atoms with Crippen LogP contribution in [0.15, 0.2) is 22.7 Å². The molecule has 17 heavy (non-hydrogen) atoms. The van der Waals surface area contributed by atoms with Crippen molar-refractivity contribution in [2.24, 2.45) is 0 Å². The predicted molar refractivity (Wildman–Crippen MR) is 75.3 cm³/mol. The molecule has 0 aliphatic rings. The Morgan fingerprint density at radius 1 is 1.41 bits per heavy atom. The molecular formula is C14H20BrNO. The van der Waals surface area contributed by atoms with Gasteiger partial charge >= 0.3 is 0 Å². The lowest BCUT2D eigenvalue weighted by atomic mass is 9.98. The molecule has 0 saturated carbocycles. The molecule has 3 heteroatoms. The molecule has 1 rings (SSSR count). The van der Waals surface area contributed by atoms with Crippen molar-refractivity contribution >= 4 is 21.8 Å². The molecule has 0 fully saturated rings. The first-order valence-electron chi connectivity index (χ1n) is 5.94. The summed E-state index contributed by atoms with van der Waals surface area (Å²) in [5.74, 6) is -0.0100. The summed E-state index contributed by atoms with van der Waals surface area (Å²) >= 11 is 3.44. The zero-order valence-electron chi connectivity index (χ0n) is 10.9. The first-order chi connectivity index (χ1) is 7.85. The number of aryl methyl sites for hydroxylation is 1. The summed E-state index contributed by atoms with van der Waals surface area (Å²) in [6.45, 7) is 8.23. The molecule has 0 heterocycles. The Morgan fingerprint density at radius 3 is 2.59 bits per heavy atom. The molecule has 1 N–H and O–H groups in total. The van der Waals surface area contributed by atoms with Crippen LogP contribution in [0.4, 0.5) is 0 Å². The van der Waals surface area contributed by atoms with Crippen LogP contribution in [-0.2, 0) is 0 Å². The third kappa shape index (κ3) is 4.15. The zero-order valence-corrected chi connectivity index (χ0v) is 12.5. The summed E-state index contributed by atoms with van der Waals surface area (Å²) in [6.07, 6.45) is 2.04. The maximum absolute atomic E-state index is 12.1. The van der Waals surface area contributed by atoms with Crippen LogP contribution in [-0.4, -0.2) is 11.4 Å². The lowest BCUT2D eigenvalue weighted by molar-refractivity contribution is 0.0909. The summed E-state index contributed by atoms with van der Waals surface area (Å²) in [5, 5.41) is 3.06. The van der Waals surface area contributed by atoms with E-state index in [0.29, 0.717) is 5.56 Å². The molecular weight excluding hydrogens is 278 g/mol. The van der Waals surface area contributed by atoms with E-state index in [-0.39, 0.29) is 11.4 Å². The van der Waals surface area contributed by atoms with Gasteiger partial charge in [-0.15, -0.1) is 0 Å². The van der Waals surface area contributed by atoms with Crippen molar-refractivity contribution < 1.29 is 4.79 Å². The van der Waals surface area contributed by atoms with E-state index in [2.05, 4.69) is 42.0 Å². The van der Waals surface area contributed by atoms with Gasteiger partial charge in [0.15, 0.2) is 0 Å². The van der Waals surface area contributed by atoms with Gasteiger partial charge in [-0.2, -0.15) is 0 Å². The Labute approximate surface area is 112 Å². The van der Waals surface area contributed by atoms with E-state index < -0.39 is 0 Å². The summed E-state index contributed by atoms with van der Waals surface area (Å²) in [7, 11) is 0. The highest BCUT2D eigenvalue weighted by Crippen LogP contribution is 2.18. The molecule has 1 aromatic carbocycles. The number of amides is 1. The maximum atomic E-state index is 12.1. The lowest BCUT2D eigenvalue weighted by Crippen LogP contribution is -2.43. The van der Waals surface area contributed by atoms with Gasteiger partial charge in [0.2, 0.25) is 0 Å². The summed E-state index contributed by atoms with van der Waals surface area (Å²) in [4.78, 5) is 12.1. The van der Waals surface area contributed by atoms with E-state index in [1.165, 1.54) is 0 Å². The Hall–Kier alpha value is -0.830. The molecule has 0 aliphatic heterocycles. The van der Waals surface area contributed by atoms with E-state index in [4.69, 9.17) is 0 Å². The maximum Gasteiger partial charge on any atom is 0.251 e. The Balaban J connectivity index is 2.80. The quantitative estimate of drug-likeness (QED) is 0.892. The Bertz CT molecular complexity index is 413. The second-order valence-electron chi connectivity index (χ2n) is 5.05.